The molecule has 0 radical (unpaired) electrons. The molecule has 0 unspecified atom stereocenters. The van der Waals surface area contributed by atoms with Crippen molar-refractivity contribution < 1.29 is 22.3 Å². The quantitative estimate of drug-likeness (QED) is 0.241. The summed E-state index contributed by atoms with van der Waals surface area (Å²) in [7, 11) is -3.95. The number of hydrogen-bond donors (Lipinski definition) is 0. The number of nitrogens with zero attached hydrogens (tertiary/aromatic N) is 4. The topological polar surface area (TPSA) is 86.4 Å². The van der Waals surface area contributed by atoms with E-state index in [0.29, 0.717) is 24.0 Å². The molecule has 1 aliphatic rings. The fraction of sp³-hybridized carbons (Fsp3) is 0.290. The molecule has 2 aromatic heterocycles. The molecule has 6 rings (SSSR count). The van der Waals surface area contributed by atoms with Crippen LogP contribution in [0.1, 0.15) is 39.7 Å². The minimum Gasteiger partial charge on any atom is -0.444 e. The van der Waals surface area contributed by atoms with E-state index >= 15 is 0 Å². The van der Waals surface area contributed by atoms with Gasteiger partial charge in [-0.15, -0.1) is 0 Å². The summed E-state index contributed by atoms with van der Waals surface area (Å²) in [5.41, 5.74) is 2.18. The number of amides is 1. The van der Waals surface area contributed by atoms with E-state index in [-0.39, 0.29) is 22.5 Å². The van der Waals surface area contributed by atoms with Crippen LogP contribution in [0, 0.1) is 5.82 Å². The molecular weight excluding hydrogens is 543 g/mol. The molecule has 212 valence electrons. The number of halogens is 1. The molecule has 10 heteroatoms. The maximum absolute atomic E-state index is 14.3. The van der Waals surface area contributed by atoms with Crippen molar-refractivity contribution in [1.29, 1.82) is 0 Å². The van der Waals surface area contributed by atoms with Gasteiger partial charge in [0.15, 0.2) is 0 Å². The maximum atomic E-state index is 14.3. The van der Waals surface area contributed by atoms with Gasteiger partial charge in [0.2, 0.25) is 0 Å². The van der Waals surface area contributed by atoms with Gasteiger partial charge in [0.1, 0.15) is 11.4 Å². The Labute approximate surface area is 238 Å². The van der Waals surface area contributed by atoms with Crippen LogP contribution in [0.25, 0.3) is 32.9 Å². The van der Waals surface area contributed by atoms with E-state index in [4.69, 9.17) is 4.74 Å². The van der Waals surface area contributed by atoms with Gasteiger partial charge in [-0.1, -0.05) is 24.3 Å². The summed E-state index contributed by atoms with van der Waals surface area (Å²) in [5.74, 6) is -0.513. The lowest BCUT2D eigenvalue weighted by atomic mass is 10.0. The SMILES string of the molecule is CC(C)(C)OC(=O)N1CCC(n2ncc3cc(-c4cn(S(=O)(=O)c5ccccc5)c5cc(F)ccc45)ccc32)CC1. The first kappa shape index (κ1) is 27.0. The third-order valence-corrected chi connectivity index (χ3v) is 9.09. The van der Waals surface area contributed by atoms with E-state index < -0.39 is 21.4 Å². The fourth-order valence-electron chi connectivity index (χ4n) is 5.44. The third kappa shape index (κ3) is 5.08. The first-order valence-electron chi connectivity index (χ1n) is 13.6. The molecule has 0 atom stereocenters. The van der Waals surface area contributed by atoms with Gasteiger partial charge in [-0.05, 0) is 81.6 Å². The molecule has 0 spiro atoms. The van der Waals surface area contributed by atoms with Crippen molar-refractivity contribution in [2.24, 2.45) is 0 Å². The lowest BCUT2D eigenvalue weighted by Crippen LogP contribution is -2.42. The Morgan fingerprint density at radius 2 is 1.71 bits per heavy atom. The molecule has 3 heterocycles. The van der Waals surface area contributed by atoms with Gasteiger partial charge in [0.05, 0.1) is 28.2 Å². The molecule has 1 amide bonds. The van der Waals surface area contributed by atoms with E-state index in [0.717, 1.165) is 33.3 Å². The van der Waals surface area contributed by atoms with Crippen molar-refractivity contribution in [2.75, 3.05) is 13.1 Å². The highest BCUT2D eigenvalue weighted by molar-refractivity contribution is 7.90. The highest BCUT2D eigenvalue weighted by atomic mass is 32.2. The zero-order valence-corrected chi connectivity index (χ0v) is 23.9. The standard InChI is InChI=1S/C31H31FN4O4S/c1-31(2,3)40-30(37)34-15-13-24(14-16-34)36-28-12-9-21(17-22(28)19-33-36)27-20-35(29-18-23(32)10-11-26(27)29)41(38,39)25-7-5-4-6-8-25/h4-12,17-20,24H,13-16H2,1-3H3. The Morgan fingerprint density at radius 3 is 2.41 bits per heavy atom. The average Bonchev–Trinajstić information content (AvgIpc) is 3.54. The monoisotopic (exact) mass is 574 g/mol. The molecular formula is C31H31FN4O4S. The van der Waals surface area contributed by atoms with Gasteiger partial charge >= 0.3 is 6.09 Å². The highest BCUT2D eigenvalue weighted by Gasteiger charge is 2.29. The van der Waals surface area contributed by atoms with Crippen molar-refractivity contribution in [1.82, 2.24) is 18.7 Å². The lowest BCUT2D eigenvalue weighted by molar-refractivity contribution is 0.0186. The Morgan fingerprint density at radius 1 is 0.976 bits per heavy atom. The van der Waals surface area contributed by atoms with Crippen LogP contribution in [-0.2, 0) is 14.8 Å². The number of benzene rings is 3. The fourth-order valence-corrected chi connectivity index (χ4v) is 6.82. The molecule has 0 N–H and O–H groups in total. The Hall–Kier alpha value is -4.18. The Kier molecular flexibility index (Phi) is 6.60. The number of rotatable bonds is 4. The largest absolute Gasteiger partial charge is 0.444 e. The van der Waals surface area contributed by atoms with Gasteiger partial charge in [0.25, 0.3) is 10.0 Å². The van der Waals surface area contributed by atoms with Crippen LogP contribution in [0.15, 0.2) is 84.0 Å². The van der Waals surface area contributed by atoms with Crippen molar-refractivity contribution in [2.45, 2.75) is 50.2 Å². The van der Waals surface area contributed by atoms with Crippen molar-refractivity contribution in [3.8, 4) is 11.1 Å². The first-order valence-corrected chi connectivity index (χ1v) is 15.0. The van der Waals surface area contributed by atoms with Gasteiger partial charge in [-0.25, -0.2) is 21.6 Å². The molecule has 1 fully saturated rings. The predicted molar refractivity (Wildman–Crippen MR) is 156 cm³/mol. The third-order valence-electron chi connectivity index (χ3n) is 7.40. The minimum atomic E-state index is -3.95. The van der Waals surface area contributed by atoms with Crippen molar-refractivity contribution >= 4 is 37.9 Å². The summed E-state index contributed by atoms with van der Waals surface area (Å²) in [6, 6.07) is 18.4. The van der Waals surface area contributed by atoms with Crippen LogP contribution in [-0.4, -0.2) is 51.9 Å². The number of carbonyl (C=O) groups excluding carboxylic acids is 1. The number of hydrogen-bond acceptors (Lipinski definition) is 5. The second-order valence-electron chi connectivity index (χ2n) is 11.4. The summed E-state index contributed by atoms with van der Waals surface area (Å²) in [6.45, 7) is 6.76. The number of likely N-dealkylation sites (tertiary alicyclic amines) is 1. The average molecular weight is 575 g/mol. The van der Waals surface area contributed by atoms with Crippen LogP contribution < -0.4 is 0 Å². The van der Waals surface area contributed by atoms with Gasteiger partial charge in [0, 0.05) is 35.6 Å². The zero-order chi connectivity index (χ0) is 28.9. The van der Waals surface area contributed by atoms with E-state index in [9.17, 15) is 17.6 Å². The molecule has 1 aliphatic heterocycles. The van der Waals surface area contributed by atoms with Crippen LogP contribution in [0.5, 0.6) is 0 Å². The van der Waals surface area contributed by atoms with Crippen LogP contribution in [0.2, 0.25) is 0 Å². The highest BCUT2D eigenvalue weighted by Crippen LogP contribution is 2.36. The smallest absolute Gasteiger partial charge is 0.410 e. The second kappa shape index (κ2) is 10.0. The number of fused-ring (bicyclic) bond motifs is 2. The van der Waals surface area contributed by atoms with Gasteiger partial charge < -0.3 is 9.64 Å². The lowest BCUT2D eigenvalue weighted by Gasteiger charge is -2.33. The van der Waals surface area contributed by atoms with Crippen LogP contribution in [0.4, 0.5) is 9.18 Å². The zero-order valence-electron chi connectivity index (χ0n) is 23.1. The number of piperidine rings is 1. The number of aromatic nitrogens is 3. The van der Waals surface area contributed by atoms with Crippen LogP contribution >= 0.6 is 0 Å². The summed E-state index contributed by atoms with van der Waals surface area (Å²) in [6.07, 6.45) is 4.59. The van der Waals surface area contributed by atoms with E-state index in [1.807, 2.05) is 43.7 Å². The van der Waals surface area contributed by atoms with Gasteiger partial charge in [-0.2, -0.15) is 5.10 Å². The molecule has 8 nitrogen and oxygen atoms in total. The van der Waals surface area contributed by atoms with Crippen LogP contribution in [0.3, 0.4) is 0 Å². The molecule has 3 aromatic carbocycles. The van der Waals surface area contributed by atoms with Crippen molar-refractivity contribution in [3.05, 3.63) is 84.9 Å². The minimum absolute atomic E-state index is 0.127. The molecule has 0 saturated carbocycles. The predicted octanol–water partition coefficient (Wildman–Crippen LogP) is 6.61. The van der Waals surface area contributed by atoms with E-state index in [1.165, 1.54) is 24.3 Å². The van der Waals surface area contributed by atoms with Crippen molar-refractivity contribution in [3.63, 3.8) is 0 Å². The summed E-state index contributed by atoms with van der Waals surface area (Å²) in [4.78, 5) is 14.3. The second-order valence-corrected chi connectivity index (χ2v) is 13.2. The molecule has 0 bridgehead atoms. The molecule has 41 heavy (non-hydrogen) atoms. The summed E-state index contributed by atoms with van der Waals surface area (Å²) in [5, 5.41) is 6.21. The maximum Gasteiger partial charge on any atom is 0.410 e. The number of ether oxygens (including phenoxy) is 1. The normalized spacial score (nSPS) is 15.1. The van der Waals surface area contributed by atoms with E-state index in [1.54, 1.807) is 41.6 Å². The molecule has 1 saturated heterocycles. The molecule has 0 aliphatic carbocycles. The summed E-state index contributed by atoms with van der Waals surface area (Å²) >= 11 is 0. The number of carbonyl (C=O) groups is 1. The van der Waals surface area contributed by atoms with E-state index in [2.05, 4.69) is 5.10 Å². The summed E-state index contributed by atoms with van der Waals surface area (Å²) < 4.78 is 50.0. The molecule has 5 aromatic rings. The van der Waals surface area contributed by atoms with Gasteiger partial charge in [-0.3, -0.25) is 4.68 Å². The Bertz CT molecular complexity index is 1870. The first-order chi connectivity index (χ1) is 19.5. The Balaban J connectivity index is 1.32.